The van der Waals surface area contributed by atoms with Crippen molar-refractivity contribution in [3.63, 3.8) is 0 Å². The highest BCUT2D eigenvalue weighted by Crippen LogP contribution is 2.61. The molecule has 1 aliphatic heterocycles. The summed E-state index contributed by atoms with van der Waals surface area (Å²) in [5.74, 6) is -1.05. The van der Waals surface area contributed by atoms with E-state index in [4.69, 9.17) is 0 Å². The van der Waals surface area contributed by atoms with E-state index in [2.05, 4.69) is 24.3 Å². The van der Waals surface area contributed by atoms with Crippen LogP contribution in [0.5, 0.6) is 0 Å². The van der Waals surface area contributed by atoms with Gasteiger partial charge in [0.2, 0.25) is 11.8 Å². The van der Waals surface area contributed by atoms with E-state index in [0.717, 1.165) is 11.1 Å². The Labute approximate surface area is 192 Å². The first-order chi connectivity index (χ1) is 16.3. The van der Waals surface area contributed by atoms with Crippen LogP contribution in [-0.2, 0) is 9.59 Å². The molecule has 1 saturated heterocycles. The normalized spacial score (nSPS) is 24.4. The Morgan fingerprint density at radius 3 is 1.42 bits per heavy atom. The van der Waals surface area contributed by atoms with Crippen LogP contribution in [0.15, 0.2) is 103 Å². The molecule has 0 unspecified atom stereocenters. The Morgan fingerprint density at radius 1 is 0.485 bits per heavy atom. The van der Waals surface area contributed by atoms with E-state index in [1.54, 1.807) is 0 Å². The molecule has 1 fully saturated rings. The van der Waals surface area contributed by atoms with Crippen LogP contribution in [0.1, 0.15) is 34.1 Å². The van der Waals surface area contributed by atoms with E-state index in [-0.39, 0.29) is 35.5 Å². The van der Waals surface area contributed by atoms with Gasteiger partial charge in [0, 0.05) is 17.4 Å². The predicted octanol–water partition coefficient (Wildman–Crippen LogP) is 5.75. The van der Waals surface area contributed by atoms with Gasteiger partial charge in [0.05, 0.1) is 17.5 Å². The summed E-state index contributed by atoms with van der Waals surface area (Å²) in [5.41, 5.74) is 7.37. The molecule has 4 aromatic rings. The number of rotatable bonds is 2. The Bertz CT molecular complexity index is 1330. The maximum absolute atomic E-state index is 14.0. The molecular weight excluding hydrogens is 406 g/mol. The average Bonchev–Trinajstić information content (AvgIpc) is 3.15. The van der Waals surface area contributed by atoms with E-state index in [1.807, 2.05) is 78.9 Å². The van der Waals surface area contributed by atoms with Gasteiger partial charge in [-0.15, -0.1) is 0 Å². The molecule has 0 saturated carbocycles. The van der Waals surface area contributed by atoms with Crippen molar-refractivity contribution in [1.82, 2.24) is 0 Å². The number of anilines is 1. The van der Waals surface area contributed by atoms with Gasteiger partial charge in [0.15, 0.2) is 0 Å². The molecule has 0 radical (unpaired) electrons. The molecule has 0 N–H and O–H groups in total. The lowest BCUT2D eigenvalue weighted by molar-refractivity contribution is -0.122. The number of carbonyl (C=O) groups excluding carboxylic acids is 2. The van der Waals surface area contributed by atoms with Gasteiger partial charge in [-0.1, -0.05) is 97.1 Å². The maximum Gasteiger partial charge on any atom is 0.238 e. The van der Waals surface area contributed by atoms with E-state index in [0.29, 0.717) is 5.69 Å². The molecule has 3 heteroatoms. The summed E-state index contributed by atoms with van der Waals surface area (Å²) in [7, 11) is 0. The quantitative estimate of drug-likeness (QED) is 0.382. The third-order valence-electron chi connectivity index (χ3n) is 7.68. The first-order valence-electron chi connectivity index (χ1n) is 11.5. The van der Waals surface area contributed by atoms with E-state index in [1.165, 1.54) is 27.2 Å². The fraction of sp³-hybridized carbons (Fsp3) is 0.133. The summed E-state index contributed by atoms with van der Waals surface area (Å²) in [6, 6.07) is 34.4. The zero-order valence-corrected chi connectivity index (χ0v) is 17.9. The first-order valence-corrected chi connectivity index (χ1v) is 11.5. The Balaban J connectivity index is 1.42. The molecule has 2 atom stereocenters. The molecule has 3 nitrogen and oxygen atoms in total. The van der Waals surface area contributed by atoms with Gasteiger partial charge in [0.1, 0.15) is 0 Å². The molecule has 4 aromatic carbocycles. The highest BCUT2D eigenvalue weighted by molar-refractivity contribution is 6.24. The van der Waals surface area contributed by atoms with Crippen molar-refractivity contribution in [1.29, 1.82) is 0 Å². The second kappa shape index (κ2) is 6.76. The monoisotopic (exact) mass is 427 g/mol. The van der Waals surface area contributed by atoms with E-state index < -0.39 is 0 Å². The molecule has 0 aromatic heterocycles. The zero-order chi connectivity index (χ0) is 22.1. The number of para-hydroxylation sites is 1. The second-order valence-electron chi connectivity index (χ2n) is 9.16. The van der Waals surface area contributed by atoms with Crippen molar-refractivity contribution in [3.8, 4) is 11.1 Å². The predicted molar refractivity (Wildman–Crippen MR) is 128 cm³/mol. The van der Waals surface area contributed by atoms with Crippen molar-refractivity contribution in [2.24, 2.45) is 11.8 Å². The van der Waals surface area contributed by atoms with Crippen molar-refractivity contribution >= 4 is 17.5 Å². The van der Waals surface area contributed by atoms with Gasteiger partial charge in [-0.2, -0.15) is 0 Å². The van der Waals surface area contributed by atoms with Crippen LogP contribution in [0, 0.1) is 11.8 Å². The summed E-state index contributed by atoms with van der Waals surface area (Å²) >= 11 is 0. The van der Waals surface area contributed by atoms with Crippen LogP contribution in [-0.4, -0.2) is 11.8 Å². The van der Waals surface area contributed by atoms with Gasteiger partial charge < -0.3 is 0 Å². The largest absolute Gasteiger partial charge is 0.274 e. The van der Waals surface area contributed by atoms with Crippen molar-refractivity contribution in [2.45, 2.75) is 11.8 Å². The summed E-state index contributed by atoms with van der Waals surface area (Å²) in [6.45, 7) is 0. The summed E-state index contributed by atoms with van der Waals surface area (Å²) < 4.78 is 0. The van der Waals surface area contributed by atoms with Crippen molar-refractivity contribution < 1.29 is 9.59 Å². The van der Waals surface area contributed by atoms with E-state index >= 15 is 0 Å². The fourth-order valence-electron chi connectivity index (χ4n) is 6.45. The molecule has 8 rings (SSSR count). The lowest BCUT2D eigenvalue weighted by Gasteiger charge is -2.45. The molecule has 1 heterocycles. The highest BCUT2D eigenvalue weighted by atomic mass is 16.2. The summed E-state index contributed by atoms with van der Waals surface area (Å²) in [6.07, 6.45) is 0. The highest BCUT2D eigenvalue weighted by Gasteiger charge is 2.61. The van der Waals surface area contributed by atoms with Crippen LogP contribution in [0.25, 0.3) is 11.1 Å². The molecule has 0 spiro atoms. The zero-order valence-electron chi connectivity index (χ0n) is 17.9. The minimum Gasteiger partial charge on any atom is -0.274 e. The number of hydrogen-bond donors (Lipinski definition) is 0. The number of benzene rings is 4. The van der Waals surface area contributed by atoms with Gasteiger partial charge in [-0.05, 0) is 33.9 Å². The SMILES string of the molecule is O=C1[C@@H]2C3c4ccccc4C(c4ccccc43)[C@H]2C(=O)N1c1ccccc1-c1ccccc1. The number of hydrogen-bond acceptors (Lipinski definition) is 2. The topological polar surface area (TPSA) is 37.4 Å². The number of nitrogens with zero attached hydrogens (tertiary/aromatic N) is 1. The Hall–Kier alpha value is -3.98. The van der Waals surface area contributed by atoms with Gasteiger partial charge in [0.25, 0.3) is 0 Å². The Morgan fingerprint density at radius 2 is 0.909 bits per heavy atom. The molecular formula is C30H21NO2. The molecule has 2 amide bonds. The lowest BCUT2D eigenvalue weighted by atomic mass is 9.55. The van der Waals surface area contributed by atoms with E-state index in [9.17, 15) is 9.59 Å². The number of carbonyl (C=O) groups is 2. The average molecular weight is 428 g/mol. The van der Waals surface area contributed by atoms with Gasteiger partial charge >= 0.3 is 0 Å². The van der Waals surface area contributed by atoms with Crippen LogP contribution in [0.3, 0.4) is 0 Å². The third-order valence-corrected chi connectivity index (χ3v) is 7.68. The maximum atomic E-state index is 14.0. The van der Waals surface area contributed by atoms with Crippen molar-refractivity contribution in [3.05, 3.63) is 125 Å². The molecule has 158 valence electrons. The summed E-state index contributed by atoms with van der Waals surface area (Å²) in [4.78, 5) is 29.6. The minimum atomic E-state index is -0.365. The Kier molecular flexibility index (Phi) is 3.80. The van der Waals surface area contributed by atoms with Crippen molar-refractivity contribution in [2.75, 3.05) is 4.90 Å². The minimum absolute atomic E-state index is 0.0765. The second-order valence-corrected chi connectivity index (χ2v) is 9.16. The van der Waals surface area contributed by atoms with Gasteiger partial charge in [-0.3, -0.25) is 9.59 Å². The third kappa shape index (κ3) is 2.39. The smallest absolute Gasteiger partial charge is 0.238 e. The number of imide groups is 1. The fourth-order valence-corrected chi connectivity index (χ4v) is 6.45. The molecule has 2 bridgehead atoms. The van der Waals surface area contributed by atoms with Gasteiger partial charge in [-0.25, -0.2) is 4.90 Å². The summed E-state index contributed by atoms with van der Waals surface area (Å²) in [5, 5.41) is 0. The van der Waals surface area contributed by atoms with Crippen LogP contribution < -0.4 is 4.90 Å². The molecule has 33 heavy (non-hydrogen) atoms. The lowest BCUT2D eigenvalue weighted by Crippen LogP contribution is -2.41. The van der Waals surface area contributed by atoms with Crippen LogP contribution in [0.2, 0.25) is 0 Å². The standard InChI is InChI=1S/C30H21NO2/c32-29-27-25-20-13-4-5-14-21(20)26(23-16-7-6-15-22(23)25)28(27)30(33)31(29)24-17-9-8-12-19(24)18-10-2-1-3-11-18/h1-17,25-28H/t25?,26?,27-,28-/m1/s1. The molecule has 3 aliphatic carbocycles. The van der Waals surface area contributed by atoms with Crippen LogP contribution in [0.4, 0.5) is 5.69 Å². The number of amides is 2. The molecule has 4 aliphatic rings. The van der Waals surface area contributed by atoms with Crippen LogP contribution >= 0.6 is 0 Å². The first kappa shape index (κ1) is 18.6.